The molecule has 0 amide bonds. The Bertz CT molecular complexity index is 302. The zero-order valence-corrected chi connectivity index (χ0v) is 8.29. The smallest absolute Gasteiger partial charge is 0.191 e. The predicted molar refractivity (Wildman–Crippen MR) is 51.8 cm³/mol. The summed E-state index contributed by atoms with van der Waals surface area (Å²) in [6, 6.07) is 5.49. The van der Waals surface area contributed by atoms with Gasteiger partial charge >= 0.3 is 0 Å². The first-order valence-corrected chi connectivity index (χ1v) is 4.51. The number of hydrogen-bond donors (Lipinski definition) is 0. The Kier molecular flexibility index (Phi) is 3.77. The van der Waals surface area contributed by atoms with Crippen LogP contribution in [0.15, 0.2) is 24.3 Å². The first kappa shape index (κ1) is 10.9. The molecule has 0 aromatic heterocycles. The number of rotatable bonds is 4. The number of ether oxygens (including phenoxy) is 1. The first-order chi connectivity index (χ1) is 6.69. The molecule has 0 aliphatic rings. The summed E-state index contributed by atoms with van der Waals surface area (Å²) in [5, 5.41) is 0. The highest BCUT2D eigenvalue weighted by Crippen LogP contribution is 2.09. The van der Waals surface area contributed by atoms with Crippen LogP contribution in [-0.2, 0) is 4.74 Å². The minimum Gasteiger partial charge on any atom is -0.373 e. The van der Waals surface area contributed by atoms with Crippen LogP contribution in [0.25, 0.3) is 0 Å². The van der Waals surface area contributed by atoms with Crippen LogP contribution in [0.4, 0.5) is 4.39 Å². The van der Waals surface area contributed by atoms with E-state index in [0.29, 0.717) is 12.0 Å². The van der Waals surface area contributed by atoms with Gasteiger partial charge in [0.25, 0.3) is 0 Å². The number of Topliss-reactive ketones (excluding diaryl/α,β-unsaturated/α-hetero) is 1. The number of ketones is 1. The number of carbonyl (C=O) groups is 1. The topological polar surface area (TPSA) is 26.3 Å². The maximum atomic E-state index is 12.6. The van der Waals surface area contributed by atoms with Crippen molar-refractivity contribution in [1.29, 1.82) is 0 Å². The Morgan fingerprint density at radius 2 is 2.00 bits per heavy atom. The SMILES string of the molecule is CCC(OC)C(=O)c1ccc(F)cc1. The fourth-order valence-corrected chi connectivity index (χ4v) is 1.26. The van der Waals surface area contributed by atoms with Crippen molar-refractivity contribution in [1.82, 2.24) is 0 Å². The van der Waals surface area contributed by atoms with Crippen LogP contribution in [-0.4, -0.2) is 19.0 Å². The summed E-state index contributed by atoms with van der Waals surface area (Å²) in [7, 11) is 1.50. The molecule has 0 N–H and O–H groups in total. The number of benzene rings is 1. The van der Waals surface area contributed by atoms with E-state index in [0.717, 1.165) is 0 Å². The summed E-state index contributed by atoms with van der Waals surface area (Å²) >= 11 is 0. The molecule has 14 heavy (non-hydrogen) atoms. The van der Waals surface area contributed by atoms with E-state index in [1.165, 1.54) is 31.4 Å². The molecule has 3 heteroatoms. The van der Waals surface area contributed by atoms with Crippen molar-refractivity contribution in [2.75, 3.05) is 7.11 Å². The van der Waals surface area contributed by atoms with Crippen LogP contribution in [0.1, 0.15) is 23.7 Å². The third kappa shape index (κ3) is 2.39. The highest BCUT2D eigenvalue weighted by atomic mass is 19.1. The molecule has 0 fully saturated rings. The molecule has 0 saturated heterocycles. The van der Waals surface area contributed by atoms with Crippen molar-refractivity contribution >= 4 is 5.78 Å². The second-order valence-corrected chi connectivity index (χ2v) is 3.00. The number of carbonyl (C=O) groups excluding carboxylic acids is 1. The van der Waals surface area contributed by atoms with E-state index < -0.39 is 6.10 Å². The first-order valence-electron chi connectivity index (χ1n) is 4.51. The molecular formula is C11H13FO2. The van der Waals surface area contributed by atoms with Crippen LogP contribution < -0.4 is 0 Å². The Morgan fingerprint density at radius 3 is 2.43 bits per heavy atom. The van der Waals surface area contributed by atoms with Crippen molar-refractivity contribution in [2.24, 2.45) is 0 Å². The van der Waals surface area contributed by atoms with Crippen molar-refractivity contribution < 1.29 is 13.9 Å². The maximum Gasteiger partial charge on any atom is 0.191 e. The average molecular weight is 196 g/mol. The largest absolute Gasteiger partial charge is 0.373 e. The van der Waals surface area contributed by atoms with E-state index in [1.807, 2.05) is 6.92 Å². The van der Waals surface area contributed by atoms with E-state index in [9.17, 15) is 9.18 Å². The molecule has 1 aromatic rings. The van der Waals surface area contributed by atoms with Gasteiger partial charge in [-0.25, -0.2) is 4.39 Å². The molecule has 1 atom stereocenters. The van der Waals surface area contributed by atoms with Crippen molar-refractivity contribution in [2.45, 2.75) is 19.4 Å². The van der Waals surface area contributed by atoms with E-state index in [4.69, 9.17) is 4.74 Å². The quantitative estimate of drug-likeness (QED) is 0.691. The summed E-state index contributed by atoms with van der Waals surface area (Å²) in [5.74, 6) is -0.443. The van der Waals surface area contributed by atoms with Gasteiger partial charge in [-0.2, -0.15) is 0 Å². The van der Waals surface area contributed by atoms with Gasteiger partial charge in [-0.3, -0.25) is 4.79 Å². The van der Waals surface area contributed by atoms with Gasteiger partial charge in [-0.15, -0.1) is 0 Å². The highest BCUT2D eigenvalue weighted by Gasteiger charge is 2.16. The van der Waals surface area contributed by atoms with Gasteiger partial charge < -0.3 is 4.74 Å². The fourth-order valence-electron chi connectivity index (χ4n) is 1.26. The maximum absolute atomic E-state index is 12.6. The lowest BCUT2D eigenvalue weighted by Gasteiger charge is -2.11. The summed E-state index contributed by atoms with van der Waals surface area (Å²) in [5.41, 5.74) is 0.486. The monoisotopic (exact) mass is 196 g/mol. The second kappa shape index (κ2) is 4.86. The van der Waals surface area contributed by atoms with Crippen LogP contribution in [0, 0.1) is 5.82 Å². The molecule has 2 nitrogen and oxygen atoms in total. The third-order valence-electron chi connectivity index (χ3n) is 2.08. The number of hydrogen-bond acceptors (Lipinski definition) is 2. The van der Waals surface area contributed by atoms with Crippen LogP contribution in [0.3, 0.4) is 0 Å². The molecule has 0 aliphatic carbocycles. The standard InChI is InChI=1S/C11H13FO2/c1-3-10(14-2)11(13)8-4-6-9(12)7-5-8/h4-7,10H,3H2,1-2H3. The van der Waals surface area contributed by atoms with Gasteiger partial charge in [0.2, 0.25) is 0 Å². The Hall–Kier alpha value is -1.22. The minimum absolute atomic E-state index is 0.102. The van der Waals surface area contributed by atoms with Gasteiger partial charge in [0.15, 0.2) is 5.78 Å². The molecule has 1 rings (SSSR count). The number of halogens is 1. The summed E-state index contributed by atoms with van der Waals surface area (Å²) in [6.45, 7) is 1.87. The van der Waals surface area contributed by atoms with Crippen molar-refractivity contribution in [3.05, 3.63) is 35.6 Å². The van der Waals surface area contributed by atoms with Gasteiger partial charge in [0.1, 0.15) is 11.9 Å². The Balaban J connectivity index is 2.83. The van der Waals surface area contributed by atoms with E-state index in [-0.39, 0.29) is 11.6 Å². The predicted octanol–water partition coefficient (Wildman–Crippen LogP) is 2.43. The minimum atomic E-state index is -0.430. The van der Waals surface area contributed by atoms with Crippen LogP contribution in [0.2, 0.25) is 0 Å². The van der Waals surface area contributed by atoms with Crippen molar-refractivity contribution in [3.8, 4) is 0 Å². The Labute approximate surface area is 82.7 Å². The lowest BCUT2D eigenvalue weighted by molar-refractivity contribution is 0.0595. The van der Waals surface area contributed by atoms with E-state index in [2.05, 4.69) is 0 Å². The molecule has 0 spiro atoms. The van der Waals surface area contributed by atoms with Gasteiger partial charge in [-0.05, 0) is 30.7 Å². The average Bonchev–Trinajstić information content (AvgIpc) is 2.20. The van der Waals surface area contributed by atoms with Gasteiger partial charge in [-0.1, -0.05) is 6.92 Å². The second-order valence-electron chi connectivity index (χ2n) is 3.00. The molecule has 1 unspecified atom stereocenters. The molecule has 0 heterocycles. The zero-order chi connectivity index (χ0) is 10.6. The highest BCUT2D eigenvalue weighted by molar-refractivity contribution is 5.99. The molecular weight excluding hydrogens is 183 g/mol. The molecule has 0 radical (unpaired) electrons. The normalized spacial score (nSPS) is 12.5. The zero-order valence-electron chi connectivity index (χ0n) is 8.29. The van der Waals surface area contributed by atoms with Gasteiger partial charge in [0.05, 0.1) is 0 Å². The summed E-state index contributed by atoms with van der Waals surface area (Å²) < 4.78 is 17.6. The lowest BCUT2D eigenvalue weighted by atomic mass is 10.0. The molecule has 1 aromatic carbocycles. The van der Waals surface area contributed by atoms with Crippen molar-refractivity contribution in [3.63, 3.8) is 0 Å². The molecule has 76 valence electrons. The van der Waals surface area contributed by atoms with Crippen LogP contribution in [0.5, 0.6) is 0 Å². The molecule has 0 saturated carbocycles. The number of methoxy groups -OCH3 is 1. The van der Waals surface area contributed by atoms with E-state index >= 15 is 0 Å². The molecule has 0 bridgehead atoms. The van der Waals surface area contributed by atoms with Gasteiger partial charge in [0, 0.05) is 12.7 Å². The molecule has 0 aliphatic heterocycles. The third-order valence-corrected chi connectivity index (χ3v) is 2.08. The van der Waals surface area contributed by atoms with E-state index in [1.54, 1.807) is 0 Å². The summed E-state index contributed by atoms with van der Waals surface area (Å²) in [6.07, 6.45) is 0.188. The summed E-state index contributed by atoms with van der Waals surface area (Å²) in [4.78, 5) is 11.7. The van der Waals surface area contributed by atoms with Crippen LogP contribution >= 0.6 is 0 Å². The lowest BCUT2D eigenvalue weighted by Crippen LogP contribution is -2.21. The Morgan fingerprint density at radius 1 is 1.43 bits per heavy atom. The fraction of sp³-hybridized carbons (Fsp3) is 0.364.